The van der Waals surface area contributed by atoms with Gasteiger partial charge in [-0.25, -0.2) is 0 Å². The van der Waals surface area contributed by atoms with Gasteiger partial charge in [-0.2, -0.15) is 0 Å². The predicted octanol–water partition coefficient (Wildman–Crippen LogP) is 4.31. The summed E-state index contributed by atoms with van der Waals surface area (Å²) in [6.07, 6.45) is 4.82. The summed E-state index contributed by atoms with van der Waals surface area (Å²) in [4.78, 5) is 30.8. The first-order chi connectivity index (χ1) is 13.6. The molecule has 1 aromatic rings. The Kier molecular flexibility index (Phi) is 9.34. The van der Waals surface area contributed by atoms with Crippen molar-refractivity contribution in [2.75, 3.05) is 25.0 Å². The van der Waals surface area contributed by atoms with Gasteiger partial charge in [0.25, 0.3) is 0 Å². The Morgan fingerprint density at radius 1 is 1.18 bits per heavy atom. The smallest absolute Gasteiger partial charge is 0.242 e. The molecule has 0 spiro atoms. The van der Waals surface area contributed by atoms with Crippen LogP contribution < -0.4 is 10.1 Å². The molecular weight excluding hydrogens is 374 g/mol. The first kappa shape index (κ1) is 22.3. The molecule has 1 aromatic carbocycles. The Morgan fingerprint density at radius 2 is 1.93 bits per heavy atom. The summed E-state index contributed by atoms with van der Waals surface area (Å²) in [5.74, 6) is 0.588. The van der Waals surface area contributed by atoms with Crippen LogP contribution in [0.5, 0.6) is 5.75 Å². The summed E-state index contributed by atoms with van der Waals surface area (Å²) in [6.45, 7) is 7.94. The first-order valence-corrected chi connectivity index (χ1v) is 11.0. The van der Waals surface area contributed by atoms with Crippen LogP contribution in [0.15, 0.2) is 29.3 Å². The van der Waals surface area contributed by atoms with Crippen LogP contribution in [0.1, 0.15) is 52.9 Å². The SMILES string of the molecule is CCCCCCOc1ccc(NC(=O)CC2SC(=NCC)N(CC)C2=O)cc1. The Balaban J connectivity index is 1.81. The minimum Gasteiger partial charge on any atom is -0.494 e. The van der Waals surface area contributed by atoms with E-state index >= 15 is 0 Å². The van der Waals surface area contributed by atoms with Gasteiger partial charge in [-0.15, -0.1) is 0 Å². The maximum absolute atomic E-state index is 12.4. The third-order valence-electron chi connectivity index (χ3n) is 4.41. The zero-order valence-electron chi connectivity index (χ0n) is 17.1. The second-order valence-corrected chi connectivity index (χ2v) is 7.80. The van der Waals surface area contributed by atoms with Crippen molar-refractivity contribution in [1.29, 1.82) is 0 Å². The molecule has 1 saturated heterocycles. The monoisotopic (exact) mass is 405 g/mol. The van der Waals surface area contributed by atoms with Crippen LogP contribution in [-0.4, -0.2) is 46.8 Å². The maximum Gasteiger partial charge on any atom is 0.242 e. The summed E-state index contributed by atoms with van der Waals surface area (Å²) in [5.41, 5.74) is 0.702. The zero-order chi connectivity index (χ0) is 20.4. The number of ether oxygens (including phenoxy) is 1. The van der Waals surface area contributed by atoms with E-state index in [1.807, 2.05) is 38.1 Å². The number of aliphatic imine (C=N–C) groups is 1. The number of thioether (sulfide) groups is 1. The van der Waals surface area contributed by atoms with E-state index in [1.54, 1.807) is 4.90 Å². The first-order valence-electron chi connectivity index (χ1n) is 10.1. The molecule has 1 aliphatic rings. The zero-order valence-corrected chi connectivity index (χ0v) is 17.9. The molecule has 0 bridgehead atoms. The Morgan fingerprint density at radius 3 is 2.57 bits per heavy atom. The fraction of sp³-hybridized carbons (Fsp3) is 0.571. The molecule has 6 nitrogen and oxygen atoms in total. The molecule has 1 aliphatic heterocycles. The molecule has 1 heterocycles. The number of hydrogen-bond acceptors (Lipinski definition) is 5. The van der Waals surface area contributed by atoms with Crippen LogP contribution in [-0.2, 0) is 9.59 Å². The molecule has 7 heteroatoms. The van der Waals surface area contributed by atoms with Gasteiger partial charge < -0.3 is 10.1 Å². The van der Waals surface area contributed by atoms with Crippen molar-refractivity contribution in [3.8, 4) is 5.75 Å². The fourth-order valence-electron chi connectivity index (χ4n) is 2.92. The Labute approximate surface area is 172 Å². The number of unbranched alkanes of at least 4 members (excludes halogenated alkanes) is 3. The van der Waals surface area contributed by atoms with Crippen molar-refractivity contribution in [3.63, 3.8) is 0 Å². The topological polar surface area (TPSA) is 71.0 Å². The van der Waals surface area contributed by atoms with Crippen LogP contribution in [0.2, 0.25) is 0 Å². The normalized spacial score (nSPS) is 18.0. The molecule has 0 aromatic heterocycles. The molecule has 0 aliphatic carbocycles. The van der Waals surface area contributed by atoms with Gasteiger partial charge in [0.05, 0.1) is 6.61 Å². The van der Waals surface area contributed by atoms with E-state index in [0.717, 1.165) is 12.2 Å². The lowest BCUT2D eigenvalue weighted by Gasteiger charge is -2.13. The van der Waals surface area contributed by atoms with Gasteiger partial charge >= 0.3 is 0 Å². The minimum atomic E-state index is -0.407. The number of amides is 2. The molecule has 154 valence electrons. The summed E-state index contributed by atoms with van der Waals surface area (Å²) in [5, 5.41) is 3.17. The Hall–Kier alpha value is -2.02. The third-order valence-corrected chi connectivity index (χ3v) is 5.62. The molecule has 1 N–H and O–H groups in total. The van der Waals surface area contributed by atoms with E-state index in [4.69, 9.17) is 4.74 Å². The second kappa shape index (κ2) is 11.7. The lowest BCUT2D eigenvalue weighted by atomic mass is 10.2. The second-order valence-electron chi connectivity index (χ2n) is 6.63. The van der Waals surface area contributed by atoms with Gasteiger partial charge in [0, 0.05) is 25.2 Å². The third kappa shape index (κ3) is 6.55. The number of anilines is 1. The Bertz CT molecular complexity index is 676. The average Bonchev–Trinajstić information content (AvgIpc) is 2.97. The van der Waals surface area contributed by atoms with Crippen molar-refractivity contribution in [2.45, 2.75) is 58.1 Å². The van der Waals surface area contributed by atoms with Crippen molar-refractivity contribution in [2.24, 2.45) is 4.99 Å². The van der Waals surface area contributed by atoms with E-state index in [1.165, 1.54) is 31.0 Å². The van der Waals surface area contributed by atoms with E-state index in [2.05, 4.69) is 17.2 Å². The highest BCUT2D eigenvalue weighted by atomic mass is 32.2. The largest absolute Gasteiger partial charge is 0.494 e. The molecule has 28 heavy (non-hydrogen) atoms. The summed E-state index contributed by atoms with van der Waals surface area (Å²) < 4.78 is 5.71. The molecule has 0 saturated carbocycles. The van der Waals surface area contributed by atoms with Gasteiger partial charge in [-0.1, -0.05) is 37.9 Å². The minimum absolute atomic E-state index is 0.0401. The average molecular weight is 406 g/mol. The molecule has 1 unspecified atom stereocenters. The molecule has 2 amide bonds. The van der Waals surface area contributed by atoms with Gasteiger partial charge in [-0.3, -0.25) is 19.5 Å². The van der Waals surface area contributed by atoms with Crippen LogP contribution in [0.3, 0.4) is 0 Å². The number of rotatable bonds is 11. The van der Waals surface area contributed by atoms with Gasteiger partial charge in [-0.05, 0) is 44.5 Å². The van der Waals surface area contributed by atoms with Crippen LogP contribution in [0.4, 0.5) is 5.69 Å². The number of carbonyl (C=O) groups excluding carboxylic acids is 2. The van der Waals surface area contributed by atoms with Crippen LogP contribution in [0.25, 0.3) is 0 Å². The van der Waals surface area contributed by atoms with E-state index in [0.29, 0.717) is 30.6 Å². The van der Waals surface area contributed by atoms with E-state index in [-0.39, 0.29) is 18.2 Å². The van der Waals surface area contributed by atoms with E-state index < -0.39 is 5.25 Å². The maximum atomic E-state index is 12.4. The standard InChI is InChI=1S/C21H31N3O3S/c1-4-7-8-9-14-27-17-12-10-16(11-13-17)23-19(25)15-18-20(26)24(6-3)21(28-18)22-5-2/h10-13,18H,4-9,14-15H2,1-3H3,(H,23,25). The highest BCUT2D eigenvalue weighted by molar-refractivity contribution is 8.15. The fourth-order valence-corrected chi connectivity index (χ4v) is 4.19. The number of benzene rings is 1. The number of carbonyl (C=O) groups is 2. The van der Waals surface area contributed by atoms with E-state index in [9.17, 15) is 9.59 Å². The highest BCUT2D eigenvalue weighted by Gasteiger charge is 2.37. The van der Waals surface area contributed by atoms with Gasteiger partial charge in [0.2, 0.25) is 11.8 Å². The lowest BCUT2D eigenvalue weighted by Crippen LogP contribution is -2.33. The van der Waals surface area contributed by atoms with Crippen molar-refractivity contribution < 1.29 is 14.3 Å². The number of nitrogens with zero attached hydrogens (tertiary/aromatic N) is 2. The highest BCUT2D eigenvalue weighted by Crippen LogP contribution is 2.29. The summed E-state index contributed by atoms with van der Waals surface area (Å²) in [6, 6.07) is 7.36. The van der Waals surface area contributed by atoms with Crippen LogP contribution in [0, 0.1) is 0 Å². The van der Waals surface area contributed by atoms with Crippen LogP contribution >= 0.6 is 11.8 Å². The molecule has 0 radical (unpaired) electrons. The lowest BCUT2D eigenvalue weighted by molar-refractivity contribution is -0.128. The van der Waals surface area contributed by atoms with Gasteiger partial charge in [0.1, 0.15) is 11.0 Å². The predicted molar refractivity (Wildman–Crippen MR) is 116 cm³/mol. The van der Waals surface area contributed by atoms with Crippen molar-refractivity contribution in [3.05, 3.63) is 24.3 Å². The van der Waals surface area contributed by atoms with Gasteiger partial charge in [0.15, 0.2) is 5.17 Å². The molecule has 1 atom stereocenters. The molecular formula is C21H31N3O3S. The molecule has 1 fully saturated rings. The van der Waals surface area contributed by atoms with Crippen molar-refractivity contribution >= 4 is 34.4 Å². The number of hydrogen-bond donors (Lipinski definition) is 1. The van der Waals surface area contributed by atoms with Crippen molar-refractivity contribution in [1.82, 2.24) is 4.90 Å². The quantitative estimate of drug-likeness (QED) is 0.557. The molecule has 2 rings (SSSR count). The summed E-state index contributed by atoms with van der Waals surface area (Å²) >= 11 is 1.38. The number of amidine groups is 1. The number of nitrogens with one attached hydrogen (secondary N) is 1. The summed E-state index contributed by atoms with van der Waals surface area (Å²) in [7, 11) is 0.